The summed E-state index contributed by atoms with van der Waals surface area (Å²) in [6.07, 6.45) is 2.13. The summed E-state index contributed by atoms with van der Waals surface area (Å²) in [5.41, 5.74) is 0. The Kier molecular flexibility index (Phi) is 3.98. The summed E-state index contributed by atoms with van der Waals surface area (Å²) in [6.45, 7) is 5.28. The van der Waals surface area contributed by atoms with Crippen molar-refractivity contribution in [2.24, 2.45) is 11.8 Å². The van der Waals surface area contributed by atoms with Crippen LogP contribution < -0.4 is 0 Å². The van der Waals surface area contributed by atoms with Crippen molar-refractivity contribution in [3.05, 3.63) is 0 Å². The highest BCUT2D eigenvalue weighted by Crippen LogP contribution is 2.11. The molecule has 1 atom stereocenters. The van der Waals surface area contributed by atoms with E-state index in [1.807, 2.05) is 13.8 Å². The van der Waals surface area contributed by atoms with Crippen LogP contribution in [0, 0.1) is 23.7 Å². The number of Topliss-reactive ketones (excluding diaryl/α,β-unsaturated/α-hetero) is 1. The number of hydrogen-bond acceptors (Lipinski definition) is 2. The highest BCUT2D eigenvalue weighted by Gasteiger charge is 2.11. The third-order valence-corrected chi connectivity index (χ3v) is 2.08. The quantitative estimate of drug-likeness (QED) is 0.453. The van der Waals surface area contributed by atoms with Crippen LogP contribution in [0.25, 0.3) is 0 Å². The third kappa shape index (κ3) is 3.61. The Morgan fingerprint density at radius 3 is 2.85 bits per heavy atom. The standard InChI is InChI=1S/C11H16O2/c1-9(2)11(12)6-5-10-4-3-7-13-8-10/h9-10H,3-4,7-8H2,1-2H3. The molecule has 0 bridgehead atoms. The topological polar surface area (TPSA) is 26.3 Å². The molecule has 0 aliphatic carbocycles. The molecule has 1 saturated heterocycles. The highest BCUT2D eigenvalue weighted by atomic mass is 16.5. The second-order valence-corrected chi connectivity index (χ2v) is 3.70. The van der Waals surface area contributed by atoms with Gasteiger partial charge in [0.25, 0.3) is 0 Å². The maximum Gasteiger partial charge on any atom is 0.207 e. The molecule has 1 aliphatic heterocycles. The first kappa shape index (κ1) is 10.3. The minimum absolute atomic E-state index is 0.0250. The van der Waals surface area contributed by atoms with E-state index >= 15 is 0 Å². The van der Waals surface area contributed by atoms with Crippen LogP contribution in [0.5, 0.6) is 0 Å². The number of ketones is 1. The fraction of sp³-hybridized carbons (Fsp3) is 0.727. The zero-order chi connectivity index (χ0) is 9.68. The van der Waals surface area contributed by atoms with Crippen molar-refractivity contribution in [1.82, 2.24) is 0 Å². The Balaban J connectivity index is 2.40. The molecule has 2 nitrogen and oxygen atoms in total. The van der Waals surface area contributed by atoms with Crippen LogP contribution in [0.1, 0.15) is 26.7 Å². The Morgan fingerprint density at radius 1 is 1.54 bits per heavy atom. The molecular formula is C11H16O2. The fourth-order valence-corrected chi connectivity index (χ4v) is 1.17. The van der Waals surface area contributed by atoms with Gasteiger partial charge in [0, 0.05) is 18.4 Å². The van der Waals surface area contributed by atoms with E-state index in [1.54, 1.807) is 0 Å². The van der Waals surface area contributed by atoms with E-state index in [9.17, 15) is 4.79 Å². The molecule has 13 heavy (non-hydrogen) atoms. The Bertz CT molecular complexity index is 226. The summed E-state index contributed by atoms with van der Waals surface area (Å²) < 4.78 is 5.26. The van der Waals surface area contributed by atoms with E-state index in [0.717, 1.165) is 19.4 Å². The molecule has 0 spiro atoms. The number of carbonyl (C=O) groups excluding carboxylic acids is 1. The summed E-state index contributed by atoms with van der Waals surface area (Å²) in [5.74, 6) is 5.99. The molecule has 2 heteroatoms. The van der Waals surface area contributed by atoms with Crippen molar-refractivity contribution in [2.75, 3.05) is 13.2 Å². The van der Waals surface area contributed by atoms with Crippen LogP contribution >= 0.6 is 0 Å². The van der Waals surface area contributed by atoms with Crippen molar-refractivity contribution < 1.29 is 9.53 Å². The summed E-state index contributed by atoms with van der Waals surface area (Å²) in [6, 6.07) is 0. The molecule has 1 rings (SSSR count). The van der Waals surface area contributed by atoms with Crippen LogP contribution in [-0.4, -0.2) is 19.0 Å². The molecule has 0 aromatic heterocycles. The molecule has 0 aromatic rings. The number of ether oxygens (including phenoxy) is 1. The van der Waals surface area contributed by atoms with E-state index in [0.29, 0.717) is 6.61 Å². The molecule has 0 aromatic carbocycles. The van der Waals surface area contributed by atoms with Gasteiger partial charge >= 0.3 is 0 Å². The zero-order valence-electron chi connectivity index (χ0n) is 8.30. The summed E-state index contributed by atoms with van der Waals surface area (Å²) in [7, 11) is 0. The van der Waals surface area contributed by atoms with Gasteiger partial charge in [-0.15, -0.1) is 0 Å². The van der Waals surface area contributed by atoms with E-state index < -0.39 is 0 Å². The van der Waals surface area contributed by atoms with Gasteiger partial charge in [0.05, 0.1) is 6.61 Å². The maximum absolute atomic E-state index is 11.2. The van der Waals surface area contributed by atoms with Gasteiger partial charge in [-0.05, 0) is 18.8 Å². The lowest BCUT2D eigenvalue weighted by atomic mass is 10.0. The van der Waals surface area contributed by atoms with Gasteiger partial charge in [-0.2, -0.15) is 0 Å². The first-order valence-electron chi connectivity index (χ1n) is 4.83. The number of hydrogen-bond donors (Lipinski definition) is 0. The van der Waals surface area contributed by atoms with Crippen molar-refractivity contribution in [1.29, 1.82) is 0 Å². The molecule has 1 fully saturated rings. The van der Waals surface area contributed by atoms with Crippen LogP contribution in [0.4, 0.5) is 0 Å². The van der Waals surface area contributed by atoms with Crippen LogP contribution in [0.3, 0.4) is 0 Å². The van der Waals surface area contributed by atoms with E-state index in [2.05, 4.69) is 11.8 Å². The molecule has 72 valence electrons. The summed E-state index contributed by atoms with van der Waals surface area (Å²) in [5, 5.41) is 0. The minimum Gasteiger partial charge on any atom is -0.380 e. The molecule has 0 N–H and O–H groups in total. The SMILES string of the molecule is CC(C)C(=O)C#CC1CCCOC1. The Hall–Kier alpha value is -0.810. The van der Waals surface area contributed by atoms with Crippen LogP contribution in [0.2, 0.25) is 0 Å². The van der Waals surface area contributed by atoms with Crippen molar-refractivity contribution in [3.8, 4) is 11.8 Å². The zero-order valence-corrected chi connectivity index (χ0v) is 8.30. The molecule has 0 amide bonds. The average Bonchev–Trinajstić information content (AvgIpc) is 2.15. The van der Waals surface area contributed by atoms with Gasteiger partial charge in [-0.3, -0.25) is 4.79 Å². The molecule has 1 heterocycles. The van der Waals surface area contributed by atoms with Crippen LogP contribution in [0.15, 0.2) is 0 Å². The molecule has 0 saturated carbocycles. The number of carbonyl (C=O) groups is 1. The van der Waals surface area contributed by atoms with E-state index in [4.69, 9.17) is 4.74 Å². The predicted octanol–water partition coefficient (Wildman–Crippen LogP) is 1.64. The van der Waals surface area contributed by atoms with E-state index in [-0.39, 0.29) is 17.6 Å². The predicted molar refractivity (Wildman–Crippen MR) is 51.2 cm³/mol. The van der Waals surface area contributed by atoms with Crippen molar-refractivity contribution in [3.63, 3.8) is 0 Å². The van der Waals surface area contributed by atoms with Gasteiger partial charge in [0.15, 0.2) is 0 Å². The highest BCUT2D eigenvalue weighted by molar-refractivity contribution is 5.96. The second-order valence-electron chi connectivity index (χ2n) is 3.70. The second kappa shape index (κ2) is 5.04. The first-order chi connectivity index (χ1) is 6.20. The Labute approximate surface area is 79.7 Å². The molecule has 1 aliphatic rings. The maximum atomic E-state index is 11.2. The number of rotatable bonds is 1. The largest absolute Gasteiger partial charge is 0.380 e. The summed E-state index contributed by atoms with van der Waals surface area (Å²) in [4.78, 5) is 11.2. The van der Waals surface area contributed by atoms with Gasteiger partial charge < -0.3 is 4.74 Å². The molecule has 1 unspecified atom stereocenters. The van der Waals surface area contributed by atoms with Crippen molar-refractivity contribution >= 4 is 5.78 Å². The summed E-state index contributed by atoms with van der Waals surface area (Å²) >= 11 is 0. The molecular weight excluding hydrogens is 164 g/mol. The lowest BCUT2D eigenvalue weighted by Gasteiger charge is -2.16. The minimum atomic E-state index is 0.0250. The smallest absolute Gasteiger partial charge is 0.207 e. The van der Waals surface area contributed by atoms with Gasteiger partial charge in [0.1, 0.15) is 0 Å². The monoisotopic (exact) mass is 180 g/mol. The lowest BCUT2D eigenvalue weighted by Crippen LogP contribution is -2.16. The normalized spacial score (nSPS) is 22.2. The first-order valence-corrected chi connectivity index (χ1v) is 4.83. The van der Waals surface area contributed by atoms with Gasteiger partial charge in [-0.25, -0.2) is 0 Å². The van der Waals surface area contributed by atoms with Gasteiger partial charge in [0.2, 0.25) is 5.78 Å². The van der Waals surface area contributed by atoms with Crippen molar-refractivity contribution in [2.45, 2.75) is 26.7 Å². The van der Waals surface area contributed by atoms with Crippen LogP contribution in [-0.2, 0) is 9.53 Å². The Morgan fingerprint density at radius 2 is 2.31 bits per heavy atom. The fourth-order valence-electron chi connectivity index (χ4n) is 1.17. The van der Waals surface area contributed by atoms with Gasteiger partial charge in [-0.1, -0.05) is 19.8 Å². The average molecular weight is 180 g/mol. The molecule has 0 radical (unpaired) electrons. The lowest BCUT2D eigenvalue weighted by molar-refractivity contribution is -0.116. The third-order valence-electron chi connectivity index (χ3n) is 2.08. The van der Waals surface area contributed by atoms with E-state index in [1.165, 1.54) is 0 Å².